The van der Waals surface area contributed by atoms with Gasteiger partial charge in [0.1, 0.15) is 0 Å². The van der Waals surface area contributed by atoms with Crippen molar-refractivity contribution in [3.05, 3.63) is 0 Å². The lowest BCUT2D eigenvalue weighted by atomic mass is 10.2. The number of carbonyl (C=O) groups is 2. The van der Waals surface area contributed by atoms with Gasteiger partial charge in [-0.3, -0.25) is 14.3 Å². The van der Waals surface area contributed by atoms with E-state index in [2.05, 4.69) is 4.72 Å². The molecule has 7 heteroatoms. The van der Waals surface area contributed by atoms with Crippen molar-refractivity contribution in [2.24, 2.45) is 0 Å². The predicted molar refractivity (Wildman–Crippen MR) is 75.2 cm³/mol. The Morgan fingerprint density at radius 2 is 1.68 bits per heavy atom. The highest BCUT2D eigenvalue weighted by Gasteiger charge is 2.27. The van der Waals surface area contributed by atoms with E-state index >= 15 is 0 Å². The molecule has 1 fully saturated rings. The highest BCUT2D eigenvalue weighted by atomic mass is 32.2. The van der Waals surface area contributed by atoms with Crippen LogP contribution in [0.5, 0.6) is 0 Å². The molecule has 1 N–H and O–H groups in total. The molecule has 1 heterocycles. The van der Waals surface area contributed by atoms with E-state index in [1.54, 1.807) is 4.90 Å². The Morgan fingerprint density at radius 3 is 2.16 bits per heavy atom. The molecule has 1 aliphatic rings. The molecule has 0 aromatic carbocycles. The number of amides is 2. The normalized spacial score (nSPS) is 16.7. The number of carbonyl (C=O) groups excluding carboxylic acids is 2. The molecule has 0 aromatic heterocycles. The summed E-state index contributed by atoms with van der Waals surface area (Å²) >= 11 is 1.18. The van der Waals surface area contributed by atoms with Crippen LogP contribution in [0, 0.1) is 0 Å². The van der Waals surface area contributed by atoms with Crippen molar-refractivity contribution in [3.8, 4) is 0 Å². The summed E-state index contributed by atoms with van der Waals surface area (Å²) in [6.07, 6.45) is 0. The first-order valence-electron chi connectivity index (χ1n) is 6.55. The summed E-state index contributed by atoms with van der Waals surface area (Å²) in [6.45, 7) is 10.4. The molecule has 110 valence electrons. The van der Waals surface area contributed by atoms with Gasteiger partial charge in [0.05, 0.1) is 13.2 Å². The molecule has 1 saturated heterocycles. The fourth-order valence-electron chi connectivity index (χ4n) is 1.97. The van der Waals surface area contributed by atoms with Crippen molar-refractivity contribution >= 4 is 23.9 Å². The molecule has 0 unspecified atom stereocenters. The first-order valence-corrected chi connectivity index (χ1v) is 7.33. The van der Waals surface area contributed by atoms with Crippen molar-refractivity contribution in [1.29, 1.82) is 0 Å². The van der Waals surface area contributed by atoms with E-state index in [1.807, 2.05) is 32.0 Å². The number of morpholine rings is 1. The number of nitrogens with zero attached hydrogens (tertiary/aromatic N) is 2. The summed E-state index contributed by atoms with van der Waals surface area (Å²) in [6, 6.07) is 0.0123. The van der Waals surface area contributed by atoms with Crippen LogP contribution < -0.4 is 4.72 Å². The van der Waals surface area contributed by atoms with Gasteiger partial charge < -0.3 is 9.64 Å². The molecule has 0 aromatic rings. The summed E-state index contributed by atoms with van der Waals surface area (Å²) in [7, 11) is 0. The minimum atomic E-state index is -0.570. The number of hydrogen-bond donors (Lipinski definition) is 1. The minimum absolute atomic E-state index is 0.00615. The van der Waals surface area contributed by atoms with Gasteiger partial charge in [-0.05, 0) is 27.7 Å². The van der Waals surface area contributed by atoms with E-state index in [4.69, 9.17) is 4.74 Å². The van der Waals surface area contributed by atoms with Gasteiger partial charge in [-0.25, -0.2) is 4.31 Å². The second-order valence-corrected chi connectivity index (χ2v) is 5.87. The SMILES string of the molecule is CC(C)N(C(=O)C(=O)NSN1CCOCC1)C(C)C. The lowest BCUT2D eigenvalue weighted by molar-refractivity contribution is -0.147. The van der Waals surface area contributed by atoms with Crippen molar-refractivity contribution in [1.82, 2.24) is 13.9 Å². The van der Waals surface area contributed by atoms with Crippen LogP contribution in [0.25, 0.3) is 0 Å². The van der Waals surface area contributed by atoms with Gasteiger partial charge in [0.2, 0.25) is 0 Å². The van der Waals surface area contributed by atoms with Gasteiger partial charge in [-0.15, -0.1) is 0 Å². The van der Waals surface area contributed by atoms with Crippen LogP contribution in [0.1, 0.15) is 27.7 Å². The fraction of sp³-hybridized carbons (Fsp3) is 0.833. The number of rotatable bonds is 4. The second-order valence-electron chi connectivity index (χ2n) is 4.96. The third-order valence-corrected chi connectivity index (χ3v) is 3.68. The zero-order valence-electron chi connectivity index (χ0n) is 12.0. The largest absolute Gasteiger partial charge is 0.379 e. The van der Waals surface area contributed by atoms with Gasteiger partial charge in [-0.2, -0.15) is 0 Å². The Hall–Kier alpha value is -0.790. The lowest BCUT2D eigenvalue weighted by Gasteiger charge is -2.30. The second kappa shape index (κ2) is 7.72. The van der Waals surface area contributed by atoms with Crippen LogP contribution in [0.2, 0.25) is 0 Å². The van der Waals surface area contributed by atoms with Crippen LogP contribution >= 0.6 is 12.1 Å². The van der Waals surface area contributed by atoms with Crippen LogP contribution in [-0.2, 0) is 14.3 Å². The number of ether oxygens (including phenoxy) is 1. The molecule has 0 bridgehead atoms. The van der Waals surface area contributed by atoms with E-state index < -0.39 is 11.8 Å². The van der Waals surface area contributed by atoms with Crippen LogP contribution in [0.3, 0.4) is 0 Å². The van der Waals surface area contributed by atoms with E-state index in [9.17, 15) is 9.59 Å². The maximum absolute atomic E-state index is 12.1. The molecule has 2 amide bonds. The third-order valence-electron chi connectivity index (χ3n) is 2.78. The molecule has 0 spiro atoms. The Balaban J connectivity index is 2.44. The van der Waals surface area contributed by atoms with E-state index in [1.165, 1.54) is 12.1 Å². The van der Waals surface area contributed by atoms with E-state index in [-0.39, 0.29) is 12.1 Å². The van der Waals surface area contributed by atoms with Gasteiger partial charge in [0.25, 0.3) is 0 Å². The Kier molecular flexibility index (Phi) is 6.60. The Morgan fingerprint density at radius 1 is 1.16 bits per heavy atom. The fourth-order valence-corrected chi connectivity index (χ4v) is 2.60. The predicted octanol–water partition coefficient (Wildman–Crippen LogP) is 0.643. The maximum atomic E-state index is 12.1. The first kappa shape index (κ1) is 16.3. The van der Waals surface area contributed by atoms with Gasteiger partial charge >= 0.3 is 11.8 Å². The van der Waals surface area contributed by atoms with Crippen LogP contribution in [0.15, 0.2) is 0 Å². The van der Waals surface area contributed by atoms with E-state index in [0.717, 1.165) is 13.1 Å². The maximum Gasteiger partial charge on any atom is 0.320 e. The molecule has 19 heavy (non-hydrogen) atoms. The summed E-state index contributed by atoms with van der Waals surface area (Å²) in [5, 5.41) is 0. The quantitative estimate of drug-likeness (QED) is 0.608. The van der Waals surface area contributed by atoms with Gasteiger partial charge in [0.15, 0.2) is 0 Å². The monoisotopic (exact) mass is 289 g/mol. The zero-order chi connectivity index (χ0) is 14.4. The standard InChI is InChI=1S/C12H23N3O3S/c1-9(2)15(10(3)4)12(17)11(16)13-19-14-5-7-18-8-6-14/h9-10H,5-8H2,1-4H3,(H,13,16). The highest BCUT2D eigenvalue weighted by molar-refractivity contribution is 7.95. The lowest BCUT2D eigenvalue weighted by Crippen LogP contribution is -2.49. The minimum Gasteiger partial charge on any atom is -0.379 e. The topological polar surface area (TPSA) is 61.9 Å². The summed E-state index contributed by atoms with van der Waals surface area (Å²) in [5.74, 6) is -1.05. The van der Waals surface area contributed by atoms with E-state index in [0.29, 0.717) is 13.2 Å². The molecule has 0 radical (unpaired) electrons. The number of hydrogen-bond acceptors (Lipinski definition) is 5. The Labute approximate surface area is 119 Å². The molecular weight excluding hydrogens is 266 g/mol. The molecule has 1 rings (SSSR count). The summed E-state index contributed by atoms with van der Waals surface area (Å²) in [5.41, 5.74) is 0. The molecule has 0 aliphatic carbocycles. The molecule has 0 saturated carbocycles. The van der Waals surface area contributed by atoms with Crippen molar-refractivity contribution in [2.75, 3.05) is 26.3 Å². The Bertz CT molecular complexity index is 309. The van der Waals surface area contributed by atoms with Crippen molar-refractivity contribution < 1.29 is 14.3 Å². The van der Waals surface area contributed by atoms with Crippen LogP contribution in [0.4, 0.5) is 0 Å². The number of nitrogens with one attached hydrogen (secondary N) is 1. The van der Waals surface area contributed by atoms with Crippen LogP contribution in [-0.4, -0.2) is 59.4 Å². The van der Waals surface area contributed by atoms with Gasteiger partial charge in [0, 0.05) is 37.3 Å². The summed E-state index contributed by atoms with van der Waals surface area (Å²) in [4.78, 5) is 25.5. The molecule has 6 nitrogen and oxygen atoms in total. The molecule has 1 aliphatic heterocycles. The molecule has 0 atom stereocenters. The molecular formula is C12H23N3O3S. The summed E-state index contributed by atoms with van der Waals surface area (Å²) < 4.78 is 9.79. The highest BCUT2D eigenvalue weighted by Crippen LogP contribution is 2.10. The first-order chi connectivity index (χ1) is 8.93. The average Bonchev–Trinajstić information content (AvgIpc) is 2.36. The van der Waals surface area contributed by atoms with Crippen molar-refractivity contribution in [2.45, 2.75) is 39.8 Å². The zero-order valence-corrected chi connectivity index (χ0v) is 12.8. The van der Waals surface area contributed by atoms with Gasteiger partial charge in [-0.1, -0.05) is 0 Å². The smallest absolute Gasteiger partial charge is 0.320 e. The third kappa shape index (κ3) is 5.00. The average molecular weight is 289 g/mol. The van der Waals surface area contributed by atoms with Crippen molar-refractivity contribution in [3.63, 3.8) is 0 Å².